The SMILES string of the molecule is CCN(C(=O)C(=O)OC)c1ccccc1. The van der Waals surface area contributed by atoms with E-state index in [2.05, 4.69) is 4.74 Å². The van der Waals surface area contributed by atoms with E-state index in [1.165, 1.54) is 12.0 Å². The molecule has 0 aromatic heterocycles. The Morgan fingerprint density at radius 2 is 1.87 bits per heavy atom. The highest BCUT2D eigenvalue weighted by Gasteiger charge is 2.22. The van der Waals surface area contributed by atoms with Gasteiger partial charge in [0.15, 0.2) is 0 Å². The summed E-state index contributed by atoms with van der Waals surface area (Å²) in [5.74, 6) is -1.49. The maximum atomic E-state index is 11.6. The van der Waals surface area contributed by atoms with Gasteiger partial charge in [-0.1, -0.05) is 18.2 Å². The largest absolute Gasteiger partial charge is 0.462 e. The third-order valence-electron chi connectivity index (χ3n) is 1.99. The summed E-state index contributed by atoms with van der Waals surface area (Å²) in [6.45, 7) is 2.23. The number of methoxy groups -OCH3 is 1. The number of ether oxygens (including phenoxy) is 1. The number of para-hydroxylation sites is 1. The van der Waals surface area contributed by atoms with E-state index < -0.39 is 11.9 Å². The standard InChI is InChI=1S/C11H13NO3/c1-3-12(10(13)11(14)15-2)9-7-5-4-6-8-9/h4-8H,3H2,1-2H3. The molecule has 0 aliphatic heterocycles. The number of benzene rings is 1. The first-order valence-electron chi connectivity index (χ1n) is 4.65. The molecule has 1 amide bonds. The third kappa shape index (κ3) is 2.56. The average Bonchev–Trinajstić information content (AvgIpc) is 2.30. The fourth-order valence-corrected chi connectivity index (χ4v) is 1.25. The lowest BCUT2D eigenvalue weighted by molar-refractivity contribution is -0.151. The van der Waals surface area contributed by atoms with Gasteiger partial charge in [0.05, 0.1) is 7.11 Å². The van der Waals surface area contributed by atoms with Crippen molar-refractivity contribution in [1.82, 2.24) is 0 Å². The van der Waals surface area contributed by atoms with Crippen LogP contribution < -0.4 is 4.90 Å². The zero-order valence-electron chi connectivity index (χ0n) is 8.77. The number of hydrogen-bond donors (Lipinski definition) is 0. The molecule has 0 fully saturated rings. The number of likely N-dealkylation sites (N-methyl/N-ethyl adjacent to an activating group) is 1. The van der Waals surface area contributed by atoms with Gasteiger partial charge in [-0.25, -0.2) is 4.79 Å². The molecule has 1 rings (SSSR count). The summed E-state index contributed by atoms with van der Waals surface area (Å²) in [5.41, 5.74) is 0.690. The highest BCUT2D eigenvalue weighted by molar-refractivity contribution is 6.38. The number of amides is 1. The van der Waals surface area contributed by atoms with Crippen LogP contribution in [-0.2, 0) is 14.3 Å². The molecule has 4 heteroatoms. The summed E-state index contributed by atoms with van der Waals surface area (Å²) in [6, 6.07) is 9.00. The highest BCUT2D eigenvalue weighted by Crippen LogP contribution is 2.13. The first-order chi connectivity index (χ1) is 7.20. The maximum Gasteiger partial charge on any atom is 0.397 e. The number of nitrogens with zero attached hydrogens (tertiary/aromatic N) is 1. The third-order valence-corrected chi connectivity index (χ3v) is 1.99. The van der Waals surface area contributed by atoms with Crippen LogP contribution in [0.2, 0.25) is 0 Å². The molecule has 0 saturated heterocycles. The Labute approximate surface area is 88.5 Å². The minimum Gasteiger partial charge on any atom is -0.462 e. The molecule has 0 heterocycles. The van der Waals surface area contributed by atoms with Crippen molar-refractivity contribution in [1.29, 1.82) is 0 Å². The number of esters is 1. The van der Waals surface area contributed by atoms with Gasteiger partial charge in [-0.3, -0.25) is 4.79 Å². The smallest absolute Gasteiger partial charge is 0.397 e. The molecule has 15 heavy (non-hydrogen) atoms. The van der Waals surface area contributed by atoms with Gasteiger partial charge in [0.25, 0.3) is 0 Å². The lowest BCUT2D eigenvalue weighted by Crippen LogP contribution is -2.37. The van der Waals surface area contributed by atoms with Crippen LogP contribution in [0.3, 0.4) is 0 Å². The summed E-state index contributed by atoms with van der Waals surface area (Å²) < 4.78 is 4.39. The van der Waals surface area contributed by atoms with E-state index in [-0.39, 0.29) is 0 Å². The van der Waals surface area contributed by atoms with Crippen molar-refractivity contribution >= 4 is 17.6 Å². The Kier molecular flexibility index (Phi) is 3.85. The maximum absolute atomic E-state index is 11.6. The molecule has 0 saturated carbocycles. The van der Waals surface area contributed by atoms with Crippen LogP contribution in [0.25, 0.3) is 0 Å². The van der Waals surface area contributed by atoms with Crippen molar-refractivity contribution in [3.8, 4) is 0 Å². The first kappa shape index (κ1) is 11.2. The van der Waals surface area contributed by atoms with Crippen LogP contribution in [0.5, 0.6) is 0 Å². The second-order valence-electron chi connectivity index (χ2n) is 2.88. The molecule has 0 aliphatic rings. The van der Waals surface area contributed by atoms with E-state index in [0.717, 1.165) is 0 Å². The summed E-state index contributed by atoms with van der Waals surface area (Å²) in [7, 11) is 1.19. The topological polar surface area (TPSA) is 46.6 Å². The molecule has 0 atom stereocenters. The molecular formula is C11H13NO3. The van der Waals surface area contributed by atoms with Crippen LogP contribution in [-0.4, -0.2) is 25.5 Å². The van der Waals surface area contributed by atoms with Crippen LogP contribution in [0, 0.1) is 0 Å². The normalized spacial score (nSPS) is 9.47. The van der Waals surface area contributed by atoms with E-state index in [0.29, 0.717) is 12.2 Å². The molecule has 1 aromatic rings. The minimum absolute atomic E-state index is 0.429. The summed E-state index contributed by atoms with van der Waals surface area (Å²) in [5, 5.41) is 0. The molecule has 0 radical (unpaired) electrons. The summed E-state index contributed by atoms with van der Waals surface area (Å²) >= 11 is 0. The highest BCUT2D eigenvalue weighted by atomic mass is 16.5. The van der Waals surface area contributed by atoms with Crippen molar-refractivity contribution in [2.75, 3.05) is 18.6 Å². The molecular weight excluding hydrogens is 194 g/mol. The predicted octanol–water partition coefficient (Wildman–Crippen LogP) is 1.21. The van der Waals surface area contributed by atoms with Gasteiger partial charge in [-0.2, -0.15) is 0 Å². The van der Waals surface area contributed by atoms with E-state index in [1.807, 2.05) is 18.2 Å². The fourth-order valence-electron chi connectivity index (χ4n) is 1.25. The Balaban J connectivity index is 2.90. The Morgan fingerprint density at radius 1 is 1.27 bits per heavy atom. The van der Waals surface area contributed by atoms with Gasteiger partial charge in [0.1, 0.15) is 0 Å². The van der Waals surface area contributed by atoms with Gasteiger partial charge < -0.3 is 9.64 Å². The number of carbonyl (C=O) groups excluding carboxylic acids is 2. The summed E-state index contributed by atoms with van der Waals surface area (Å²) in [6.07, 6.45) is 0. The van der Waals surface area contributed by atoms with Crippen LogP contribution in [0.1, 0.15) is 6.92 Å². The predicted molar refractivity (Wildman–Crippen MR) is 56.5 cm³/mol. The molecule has 1 aromatic carbocycles. The number of anilines is 1. The van der Waals surface area contributed by atoms with Crippen molar-refractivity contribution in [2.45, 2.75) is 6.92 Å². The van der Waals surface area contributed by atoms with E-state index in [4.69, 9.17) is 0 Å². The first-order valence-corrected chi connectivity index (χ1v) is 4.65. The molecule has 0 N–H and O–H groups in total. The second-order valence-corrected chi connectivity index (χ2v) is 2.88. The van der Waals surface area contributed by atoms with E-state index in [1.54, 1.807) is 19.1 Å². The van der Waals surface area contributed by atoms with Gasteiger partial charge in [0.2, 0.25) is 0 Å². The van der Waals surface area contributed by atoms with Crippen molar-refractivity contribution in [2.24, 2.45) is 0 Å². The van der Waals surface area contributed by atoms with Crippen molar-refractivity contribution < 1.29 is 14.3 Å². The quantitative estimate of drug-likeness (QED) is 0.541. The fraction of sp³-hybridized carbons (Fsp3) is 0.273. The lowest BCUT2D eigenvalue weighted by Gasteiger charge is -2.19. The van der Waals surface area contributed by atoms with E-state index >= 15 is 0 Å². The zero-order valence-corrected chi connectivity index (χ0v) is 8.77. The molecule has 4 nitrogen and oxygen atoms in total. The molecule has 0 bridgehead atoms. The van der Waals surface area contributed by atoms with Crippen molar-refractivity contribution in [3.63, 3.8) is 0 Å². The Bertz CT molecular complexity index is 348. The molecule has 0 unspecified atom stereocenters. The van der Waals surface area contributed by atoms with Crippen molar-refractivity contribution in [3.05, 3.63) is 30.3 Å². The lowest BCUT2D eigenvalue weighted by atomic mass is 10.3. The van der Waals surface area contributed by atoms with Gasteiger partial charge in [0, 0.05) is 12.2 Å². The summed E-state index contributed by atoms with van der Waals surface area (Å²) in [4.78, 5) is 24.0. The van der Waals surface area contributed by atoms with Crippen LogP contribution in [0.4, 0.5) is 5.69 Å². The van der Waals surface area contributed by atoms with Crippen LogP contribution >= 0.6 is 0 Å². The molecule has 0 aliphatic carbocycles. The minimum atomic E-state index is -0.847. The second kappa shape index (κ2) is 5.14. The number of carbonyl (C=O) groups is 2. The van der Waals surface area contributed by atoms with E-state index in [9.17, 15) is 9.59 Å². The molecule has 80 valence electrons. The van der Waals surface area contributed by atoms with Crippen LogP contribution in [0.15, 0.2) is 30.3 Å². The number of hydrogen-bond acceptors (Lipinski definition) is 3. The van der Waals surface area contributed by atoms with Gasteiger partial charge in [-0.15, -0.1) is 0 Å². The monoisotopic (exact) mass is 207 g/mol. The Morgan fingerprint density at radius 3 is 2.33 bits per heavy atom. The zero-order chi connectivity index (χ0) is 11.3. The Hall–Kier alpha value is -1.84. The van der Waals surface area contributed by atoms with Gasteiger partial charge >= 0.3 is 11.9 Å². The number of rotatable bonds is 2. The van der Waals surface area contributed by atoms with Gasteiger partial charge in [-0.05, 0) is 19.1 Å². The molecule has 0 spiro atoms. The average molecular weight is 207 g/mol.